The van der Waals surface area contributed by atoms with Gasteiger partial charge in [-0.2, -0.15) is 0 Å². The van der Waals surface area contributed by atoms with Crippen LogP contribution in [0.1, 0.15) is 26.5 Å². The molecule has 1 aromatic carbocycles. The minimum Gasteiger partial charge on any atom is -0.497 e. The highest BCUT2D eigenvalue weighted by molar-refractivity contribution is 6.01. The van der Waals surface area contributed by atoms with Crippen molar-refractivity contribution in [3.63, 3.8) is 0 Å². The first kappa shape index (κ1) is 15.6. The first-order valence-electron chi connectivity index (χ1n) is 6.53. The third-order valence-corrected chi connectivity index (χ3v) is 3.12. The fraction of sp³-hybridized carbons (Fsp3) is 0.250. The van der Waals surface area contributed by atoms with Crippen molar-refractivity contribution in [2.24, 2.45) is 0 Å². The van der Waals surface area contributed by atoms with Crippen LogP contribution in [-0.4, -0.2) is 32.6 Å². The Morgan fingerprint density at radius 3 is 2.45 bits per heavy atom. The summed E-state index contributed by atoms with van der Waals surface area (Å²) in [6, 6.07) is 6.33. The van der Waals surface area contributed by atoms with Gasteiger partial charge in [0.25, 0.3) is 0 Å². The molecule has 0 saturated heterocycles. The molecule has 0 unspecified atom stereocenters. The maximum absolute atomic E-state index is 12.2. The molecule has 0 saturated carbocycles. The van der Waals surface area contributed by atoms with Crippen LogP contribution in [0.2, 0.25) is 0 Å². The lowest BCUT2D eigenvalue weighted by molar-refractivity contribution is 0.0472. The highest BCUT2D eigenvalue weighted by Gasteiger charge is 2.18. The Hall–Kier alpha value is -2.76. The van der Waals surface area contributed by atoms with Gasteiger partial charge in [0.1, 0.15) is 22.8 Å². The quantitative estimate of drug-likeness (QED) is 0.603. The fourth-order valence-corrected chi connectivity index (χ4v) is 1.92. The molecule has 0 fully saturated rings. The second-order valence-electron chi connectivity index (χ2n) is 4.46. The average molecular weight is 304 g/mol. The van der Waals surface area contributed by atoms with E-state index in [1.165, 1.54) is 32.6 Å². The Balaban J connectivity index is 2.09. The molecule has 0 bridgehead atoms. The molecule has 6 nitrogen and oxygen atoms in total. The predicted molar refractivity (Wildman–Crippen MR) is 77.6 cm³/mol. The van der Waals surface area contributed by atoms with Crippen LogP contribution in [0.5, 0.6) is 11.5 Å². The molecule has 116 valence electrons. The highest BCUT2D eigenvalue weighted by atomic mass is 16.5. The van der Waals surface area contributed by atoms with Crippen LogP contribution in [0.25, 0.3) is 0 Å². The summed E-state index contributed by atoms with van der Waals surface area (Å²) in [5, 5.41) is 0. The van der Waals surface area contributed by atoms with Gasteiger partial charge in [-0.1, -0.05) is 0 Å². The smallest absolute Gasteiger partial charge is 0.342 e. The van der Waals surface area contributed by atoms with Crippen molar-refractivity contribution in [1.82, 2.24) is 0 Å². The summed E-state index contributed by atoms with van der Waals surface area (Å²) in [4.78, 5) is 24.1. The Morgan fingerprint density at radius 2 is 1.86 bits per heavy atom. The number of Topliss-reactive ketones (excluding diaryl/α,β-unsaturated/α-hetero) is 1. The predicted octanol–water partition coefficient (Wildman–Crippen LogP) is 2.64. The lowest BCUT2D eigenvalue weighted by Crippen LogP contribution is -2.15. The van der Waals surface area contributed by atoms with Gasteiger partial charge in [-0.05, 0) is 31.2 Å². The van der Waals surface area contributed by atoms with Crippen LogP contribution in [0.3, 0.4) is 0 Å². The van der Waals surface area contributed by atoms with E-state index in [4.69, 9.17) is 18.6 Å². The molecule has 0 aliphatic heterocycles. The minimum absolute atomic E-state index is 0.290. The Kier molecular flexibility index (Phi) is 4.83. The zero-order valence-corrected chi connectivity index (χ0v) is 12.5. The van der Waals surface area contributed by atoms with E-state index in [1.807, 2.05) is 0 Å². The molecule has 22 heavy (non-hydrogen) atoms. The number of hydrogen-bond acceptors (Lipinski definition) is 6. The summed E-state index contributed by atoms with van der Waals surface area (Å²) in [5.74, 6) is 0.352. The number of rotatable bonds is 6. The zero-order chi connectivity index (χ0) is 16.1. The molecule has 0 aliphatic rings. The molecular formula is C16H16O6. The molecule has 6 heteroatoms. The van der Waals surface area contributed by atoms with Crippen LogP contribution in [0.15, 0.2) is 34.9 Å². The van der Waals surface area contributed by atoms with Gasteiger partial charge in [0.2, 0.25) is 5.78 Å². The van der Waals surface area contributed by atoms with Crippen molar-refractivity contribution in [1.29, 1.82) is 0 Å². The van der Waals surface area contributed by atoms with Gasteiger partial charge in [0.05, 0.1) is 26.0 Å². The van der Waals surface area contributed by atoms with Crippen LogP contribution in [0, 0.1) is 6.92 Å². The number of furan rings is 1. The first-order valence-corrected chi connectivity index (χ1v) is 6.53. The number of hydrogen-bond donors (Lipinski definition) is 0. The van der Waals surface area contributed by atoms with Gasteiger partial charge in [-0.15, -0.1) is 0 Å². The second-order valence-corrected chi connectivity index (χ2v) is 4.46. The van der Waals surface area contributed by atoms with Gasteiger partial charge < -0.3 is 18.6 Å². The molecule has 0 aliphatic carbocycles. The average Bonchev–Trinajstić information content (AvgIpc) is 2.97. The van der Waals surface area contributed by atoms with Crippen molar-refractivity contribution in [2.75, 3.05) is 20.8 Å². The normalized spacial score (nSPS) is 10.1. The molecule has 0 amide bonds. The molecule has 2 aromatic rings. The van der Waals surface area contributed by atoms with E-state index in [-0.39, 0.29) is 5.78 Å². The highest BCUT2D eigenvalue weighted by Crippen LogP contribution is 2.24. The van der Waals surface area contributed by atoms with Crippen LogP contribution in [0.4, 0.5) is 0 Å². The van der Waals surface area contributed by atoms with E-state index in [9.17, 15) is 9.59 Å². The third-order valence-electron chi connectivity index (χ3n) is 3.12. The Labute approximate surface area is 127 Å². The van der Waals surface area contributed by atoms with Gasteiger partial charge in [0, 0.05) is 0 Å². The Bertz CT molecular complexity index is 686. The first-order chi connectivity index (χ1) is 10.6. The summed E-state index contributed by atoms with van der Waals surface area (Å²) < 4.78 is 20.2. The summed E-state index contributed by atoms with van der Waals surface area (Å²) in [7, 11) is 2.96. The molecular weight excluding hydrogens is 288 g/mol. The number of esters is 1. The van der Waals surface area contributed by atoms with E-state index in [2.05, 4.69) is 0 Å². The molecule has 0 atom stereocenters. The molecule has 0 N–H and O–H groups in total. The summed E-state index contributed by atoms with van der Waals surface area (Å²) in [5.41, 5.74) is 0.587. The van der Waals surface area contributed by atoms with E-state index < -0.39 is 12.6 Å². The molecule has 0 radical (unpaired) electrons. The SMILES string of the molecule is COc1ccc(OC)c(C(=O)COC(=O)c2ccoc2C)c1. The van der Waals surface area contributed by atoms with Crippen molar-refractivity contribution < 1.29 is 28.2 Å². The van der Waals surface area contributed by atoms with Gasteiger partial charge in [0.15, 0.2) is 6.61 Å². The number of carbonyl (C=O) groups is 2. The van der Waals surface area contributed by atoms with Crippen molar-refractivity contribution >= 4 is 11.8 Å². The monoisotopic (exact) mass is 304 g/mol. The summed E-state index contributed by atoms with van der Waals surface area (Å²) in [6.45, 7) is 1.25. The van der Waals surface area contributed by atoms with E-state index >= 15 is 0 Å². The third kappa shape index (κ3) is 3.28. The number of methoxy groups -OCH3 is 2. The lowest BCUT2D eigenvalue weighted by Gasteiger charge is -2.10. The van der Waals surface area contributed by atoms with E-state index in [1.54, 1.807) is 19.1 Å². The van der Waals surface area contributed by atoms with Crippen LogP contribution in [-0.2, 0) is 4.74 Å². The number of ketones is 1. The summed E-state index contributed by atoms with van der Waals surface area (Å²) in [6.07, 6.45) is 1.39. The standard InChI is InChI=1S/C16H16O6/c1-10-12(6-7-21-10)16(18)22-9-14(17)13-8-11(19-2)4-5-15(13)20-3/h4-8H,9H2,1-3H3. The van der Waals surface area contributed by atoms with Crippen LogP contribution < -0.4 is 9.47 Å². The van der Waals surface area contributed by atoms with Crippen LogP contribution >= 0.6 is 0 Å². The zero-order valence-electron chi connectivity index (χ0n) is 12.5. The Morgan fingerprint density at radius 1 is 1.09 bits per heavy atom. The molecule has 2 rings (SSSR count). The van der Waals surface area contributed by atoms with Crippen molar-refractivity contribution in [3.05, 3.63) is 47.4 Å². The summed E-state index contributed by atoms with van der Waals surface area (Å²) >= 11 is 0. The second kappa shape index (κ2) is 6.80. The van der Waals surface area contributed by atoms with E-state index in [0.717, 1.165) is 0 Å². The number of carbonyl (C=O) groups excluding carboxylic acids is 2. The van der Waals surface area contributed by atoms with E-state index in [0.29, 0.717) is 28.4 Å². The van der Waals surface area contributed by atoms with Crippen molar-refractivity contribution in [2.45, 2.75) is 6.92 Å². The largest absolute Gasteiger partial charge is 0.497 e. The van der Waals surface area contributed by atoms with Gasteiger partial charge in [-0.25, -0.2) is 4.79 Å². The topological polar surface area (TPSA) is 75.0 Å². The maximum atomic E-state index is 12.2. The lowest BCUT2D eigenvalue weighted by atomic mass is 10.1. The van der Waals surface area contributed by atoms with Gasteiger partial charge in [-0.3, -0.25) is 4.79 Å². The number of aryl methyl sites for hydroxylation is 1. The molecule has 1 aromatic heterocycles. The molecule has 0 spiro atoms. The number of ether oxygens (including phenoxy) is 3. The fourth-order valence-electron chi connectivity index (χ4n) is 1.92. The minimum atomic E-state index is -0.610. The maximum Gasteiger partial charge on any atom is 0.342 e. The number of benzene rings is 1. The molecule has 1 heterocycles. The van der Waals surface area contributed by atoms with Crippen molar-refractivity contribution in [3.8, 4) is 11.5 Å². The van der Waals surface area contributed by atoms with Gasteiger partial charge >= 0.3 is 5.97 Å².